The van der Waals surface area contributed by atoms with Crippen molar-refractivity contribution < 1.29 is 35.9 Å². The van der Waals surface area contributed by atoms with Gasteiger partial charge in [0.05, 0.1) is 11.3 Å². The number of hydrogen-bond acceptors (Lipinski definition) is 4. The number of imidazole rings is 1. The van der Waals surface area contributed by atoms with E-state index in [1.165, 1.54) is 18.2 Å². The first-order chi connectivity index (χ1) is 17.1. The molecule has 2 heterocycles. The Hall–Kier alpha value is -2.29. The Morgan fingerprint density at radius 1 is 1.30 bits per heavy atom. The predicted octanol–water partition coefficient (Wildman–Crippen LogP) is 6.16. The standard InChI is InChI=1S/C24H27F6IN4O2/c1-12-6-17(37-10-14-18(26)13(2)7-15(25)19(14)27)21-34-16(8-31)20(35(21)9-12)22(36)33-11-23(3,32)4-5-24(28,29)30/h6,9,13H,4-5,7-8,10-11,32H2,1-3H3,(H,33,36). The number of ether oxygens (including phenoxy) is 1. The number of halogens is 7. The summed E-state index contributed by atoms with van der Waals surface area (Å²) < 4.78 is 87.8. The molecule has 0 aromatic carbocycles. The molecule has 0 saturated heterocycles. The van der Waals surface area contributed by atoms with Gasteiger partial charge in [-0.3, -0.25) is 9.20 Å². The van der Waals surface area contributed by atoms with E-state index in [2.05, 4.69) is 10.3 Å². The van der Waals surface area contributed by atoms with E-state index < -0.39 is 59.6 Å². The van der Waals surface area contributed by atoms with Crippen LogP contribution >= 0.6 is 22.6 Å². The highest BCUT2D eigenvalue weighted by molar-refractivity contribution is 14.1. The number of nitrogens with two attached hydrogens (primary N) is 1. The molecular formula is C24H27F6IN4O2. The number of hydrogen-bond donors (Lipinski definition) is 2. The normalized spacial score (nSPS) is 18.4. The molecule has 0 aliphatic heterocycles. The van der Waals surface area contributed by atoms with E-state index in [1.807, 2.05) is 22.6 Å². The summed E-state index contributed by atoms with van der Waals surface area (Å²) >= 11 is 2.00. The lowest BCUT2D eigenvalue weighted by Crippen LogP contribution is -2.48. The Balaban J connectivity index is 1.88. The van der Waals surface area contributed by atoms with Crippen LogP contribution in [-0.4, -0.2) is 40.2 Å². The number of rotatable bonds is 9. The number of aryl methyl sites for hydroxylation is 1. The quantitative estimate of drug-likeness (QED) is 0.195. The number of carbonyl (C=O) groups excluding carboxylic acids is 1. The molecule has 1 aliphatic carbocycles. The van der Waals surface area contributed by atoms with Gasteiger partial charge >= 0.3 is 6.18 Å². The number of nitrogens with zero attached hydrogens (tertiary/aromatic N) is 2. The van der Waals surface area contributed by atoms with Crippen LogP contribution in [0.15, 0.2) is 35.3 Å². The molecule has 3 rings (SSSR count). The van der Waals surface area contributed by atoms with E-state index in [-0.39, 0.29) is 36.5 Å². The second-order valence-electron chi connectivity index (χ2n) is 9.51. The van der Waals surface area contributed by atoms with Gasteiger partial charge in [0.1, 0.15) is 24.0 Å². The fourth-order valence-electron chi connectivity index (χ4n) is 3.91. The molecule has 2 atom stereocenters. The van der Waals surface area contributed by atoms with Crippen LogP contribution < -0.4 is 15.8 Å². The van der Waals surface area contributed by atoms with Crippen LogP contribution in [0.5, 0.6) is 5.75 Å². The monoisotopic (exact) mass is 644 g/mol. The summed E-state index contributed by atoms with van der Waals surface area (Å²) in [4.78, 5) is 17.5. The van der Waals surface area contributed by atoms with Gasteiger partial charge < -0.3 is 15.8 Å². The van der Waals surface area contributed by atoms with Crippen molar-refractivity contribution in [1.82, 2.24) is 14.7 Å². The number of nitrogens with one attached hydrogen (secondary N) is 1. The van der Waals surface area contributed by atoms with Gasteiger partial charge in [0.15, 0.2) is 17.2 Å². The maximum absolute atomic E-state index is 14.5. The van der Waals surface area contributed by atoms with Crippen LogP contribution in [0.2, 0.25) is 0 Å². The molecule has 0 saturated carbocycles. The van der Waals surface area contributed by atoms with Crippen LogP contribution in [0, 0.1) is 12.8 Å². The average molecular weight is 644 g/mol. The van der Waals surface area contributed by atoms with Crippen LogP contribution in [-0.2, 0) is 4.43 Å². The maximum Gasteiger partial charge on any atom is 0.389 e. The van der Waals surface area contributed by atoms with E-state index in [0.717, 1.165) is 0 Å². The Bertz CT molecular complexity index is 1250. The summed E-state index contributed by atoms with van der Waals surface area (Å²) in [6.45, 7) is 3.75. The Morgan fingerprint density at radius 3 is 2.59 bits per heavy atom. The van der Waals surface area contributed by atoms with Gasteiger partial charge in [0.25, 0.3) is 5.91 Å². The summed E-state index contributed by atoms with van der Waals surface area (Å²) in [5.41, 5.74) is 5.42. The molecule has 6 nitrogen and oxygen atoms in total. The molecule has 0 bridgehead atoms. The molecule has 3 N–H and O–H groups in total. The highest BCUT2D eigenvalue weighted by atomic mass is 127. The first-order valence-electron chi connectivity index (χ1n) is 11.4. The highest BCUT2D eigenvalue weighted by Crippen LogP contribution is 2.37. The van der Waals surface area contributed by atoms with Crippen molar-refractivity contribution in [3.63, 3.8) is 0 Å². The predicted molar refractivity (Wildman–Crippen MR) is 135 cm³/mol. The van der Waals surface area contributed by atoms with Crippen molar-refractivity contribution in [2.75, 3.05) is 13.2 Å². The van der Waals surface area contributed by atoms with Crippen molar-refractivity contribution in [2.45, 2.75) is 56.2 Å². The molecule has 2 aromatic heterocycles. The van der Waals surface area contributed by atoms with Gasteiger partial charge in [-0.05, 0) is 31.9 Å². The third-order valence-corrected chi connectivity index (χ3v) is 6.67. The summed E-state index contributed by atoms with van der Waals surface area (Å²) in [6, 6.07) is 1.57. The zero-order chi connectivity index (χ0) is 27.7. The molecule has 1 amide bonds. The number of alkyl halides is 4. The number of carbonyl (C=O) groups is 1. The van der Waals surface area contributed by atoms with Crippen molar-refractivity contribution >= 4 is 34.1 Å². The number of amides is 1. The molecular weight excluding hydrogens is 617 g/mol. The van der Waals surface area contributed by atoms with E-state index in [1.54, 1.807) is 19.2 Å². The third-order valence-electron chi connectivity index (χ3n) is 5.95. The molecule has 2 unspecified atom stereocenters. The smallest absolute Gasteiger partial charge is 0.389 e. The van der Waals surface area contributed by atoms with Crippen molar-refractivity contribution in [3.05, 3.63) is 52.3 Å². The molecule has 2 aromatic rings. The second kappa shape index (κ2) is 11.2. The highest BCUT2D eigenvalue weighted by Gasteiger charge is 2.32. The minimum atomic E-state index is -4.37. The van der Waals surface area contributed by atoms with Gasteiger partial charge in [-0.2, -0.15) is 13.2 Å². The summed E-state index contributed by atoms with van der Waals surface area (Å²) in [5, 5.41) is 2.58. The summed E-state index contributed by atoms with van der Waals surface area (Å²) in [7, 11) is 0. The van der Waals surface area contributed by atoms with Crippen molar-refractivity contribution in [2.24, 2.45) is 11.7 Å². The molecule has 0 fully saturated rings. The first-order valence-corrected chi connectivity index (χ1v) is 12.9. The topological polar surface area (TPSA) is 81.6 Å². The average Bonchev–Trinajstić information content (AvgIpc) is 3.18. The lowest BCUT2D eigenvalue weighted by molar-refractivity contribution is -0.137. The molecule has 1 aliphatic rings. The van der Waals surface area contributed by atoms with Gasteiger partial charge in [0.2, 0.25) is 0 Å². The fourth-order valence-corrected chi connectivity index (χ4v) is 4.44. The molecule has 204 valence electrons. The molecule has 37 heavy (non-hydrogen) atoms. The third kappa shape index (κ3) is 6.98. The fraction of sp³-hybridized carbons (Fsp3) is 0.500. The van der Waals surface area contributed by atoms with E-state index in [4.69, 9.17) is 10.5 Å². The maximum atomic E-state index is 14.5. The van der Waals surface area contributed by atoms with Crippen LogP contribution in [0.3, 0.4) is 0 Å². The van der Waals surface area contributed by atoms with Gasteiger partial charge in [-0.1, -0.05) is 29.5 Å². The van der Waals surface area contributed by atoms with Crippen LogP contribution in [0.4, 0.5) is 26.3 Å². The number of pyridine rings is 1. The number of fused-ring (bicyclic) bond motifs is 1. The van der Waals surface area contributed by atoms with Crippen LogP contribution in [0.25, 0.3) is 5.65 Å². The van der Waals surface area contributed by atoms with Gasteiger partial charge in [-0.25, -0.2) is 18.2 Å². The summed E-state index contributed by atoms with van der Waals surface area (Å²) in [5.74, 6) is -4.44. The largest absolute Gasteiger partial charge is 0.485 e. The molecule has 0 radical (unpaired) electrons. The minimum Gasteiger partial charge on any atom is -0.485 e. The Kier molecular flexibility index (Phi) is 8.87. The van der Waals surface area contributed by atoms with E-state index in [9.17, 15) is 31.1 Å². The van der Waals surface area contributed by atoms with E-state index >= 15 is 0 Å². The van der Waals surface area contributed by atoms with Crippen molar-refractivity contribution in [3.8, 4) is 5.75 Å². The van der Waals surface area contributed by atoms with Crippen LogP contribution in [0.1, 0.15) is 54.9 Å². The van der Waals surface area contributed by atoms with E-state index in [0.29, 0.717) is 15.7 Å². The lowest BCUT2D eigenvalue weighted by atomic mass is 9.95. The van der Waals surface area contributed by atoms with Crippen molar-refractivity contribution in [1.29, 1.82) is 0 Å². The Morgan fingerprint density at radius 2 is 1.97 bits per heavy atom. The molecule has 0 spiro atoms. The van der Waals surface area contributed by atoms with Gasteiger partial charge in [-0.15, -0.1) is 0 Å². The second-order valence-corrected chi connectivity index (χ2v) is 10.3. The Labute approximate surface area is 223 Å². The summed E-state index contributed by atoms with van der Waals surface area (Å²) in [6.07, 6.45) is -4.59. The number of aromatic nitrogens is 2. The first kappa shape index (κ1) is 29.3. The zero-order valence-corrected chi connectivity index (χ0v) is 22.6. The number of allylic oxidation sites excluding steroid dienone is 2. The molecule has 13 heteroatoms. The SMILES string of the molecule is Cc1cc(OCC2=C(F)C(C)CC(F)=C2F)c2nc(CI)c(C(=O)NCC(C)(N)CCC(F)(F)F)n2c1. The lowest BCUT2D eigenvalue weighted by Gasteiger charge is -2.25. The minimum absolute atomic E-state index is 0.116. The zero-order valence-electron chi connectivity index (χ0n) is 20.4. The van der Waals surface area contributed by atoms with Gasteiger partial charge in [0, 0.05) is 41.5 Å².